The Balaban J connectivity index is 3.59. The van der Waals surface area contributed by atoms with Crippen LogP contribution in [0.15, 0.2) is 9.59 Å². The Morgan fingerprint density at radius 3 is 2.33 bits per heavy atom. The van der Waals surface area contributed by atoms with Crippen molar-refractivity contribution in [3.8, 4) is 0 Å². The minimum atomic E-state index is -0.657. The number of rotatable bonds is 1. The van der Waals surface area contributed by atoms with Crippen LogP contribution >= 0.6 is 0 Å². The van der Waals surface area contributed by atoms with E-state index in [1.165, 1.54) is 13.8 Å². The first-order valence-corrected chi connectivity index (χ1v) is 3.36. The van der Waals surface area contributed by atoms with E-state index in [0.29, 0.717) is 0 Å². The van der Waals surface area contributed by atoms with E-state index in [-0.39, 0.29) is 17.0 Å². The second kappa shape index (κ2) is 2.77. The van der Waals surface area contributed by atoms with E-state index in [4.69, 9.17) is 0 Å². The average molecular weight is 168 g/mol. The summed E-state index contributed by atoms with van der Waals surface area (Å²) in [6, 6.07) is 0. The van der Waals surface area contributed by atoms with Gasteiger partial charge in [0.05, 0.1) is 5.69 Å². The number of aromatic amines is 2. The highest BCUT2D eigenvalue weighted by Gasteiger charge is 2.07. The third-order valence-corrected chi connectivity index (χ3v) is 1.53. The number of aromatic nitrogens is 2. The van der Waals surface area contributed by atoms with Crippen molar-refractivity contribution < 1.29 is 4.79 Å². The van der Waals surface area contributed by atoms with Gasteiger partial charge in [-0.1, -0.05) is 0 Å². The van der Waals surface area contributed by atoms with Crippen LogP contribution in [0.4, 0.5) is 0 Å². The number of Topliss-reactive ketones (excluding diaryl/α,β-unsaturated/α-hetero) is 1. The van der Waals surface area contributed by atoms with Crippen LogP contribution < -0.4 is 11.2 Å². The second-order valence-electron chi connectivity index (χ2n) is 2.46. The van der Waals surface area contributed by atoms with Crippen LogP contribution in [-0.2, 0) is 0 Å². The number of hydrogen-bond acceptors (Lipinski definition) is 3. The van der Waals surface area contributed by atoms with E-state index in [2.05, 4.69) is 4.98 Å². The molecule has 0 spiro atoms. The lowest BCUT2D eigenvalue weighted by Gasteiger charge is -1.97. The normalized spacial score (nSPS) is 9.83. The zero-order valence-corrected chi connectivity index (χ0v) is 6.72. The van der Waals surface area contributed by atoms with Crippen LogP contribution in [0.25, 0.3) is 0 Å². The Morgan fingerprint density at radius 2 is 1.83 bits per heavy atom. The summed E-state index contributed by atoms with van der Waals surface area (Å²) < 4.78 is 0. The molecule has 1 aromatic heterocycles. The van der Waals surface area contributed by atoms with E-state index >= 15 is 0 Å². The van der Waals surface area contributed by atoms with E-state index < -0.39 is 11.2 Å². The standard InChI is InChI=1S/C7H8N2O3/c1-3-5(4(2)10)8-7(12)9-6(3)11/h1-2H3,(H2,8,9,11,12). The van der Waals surface area contributed by atoms with Crippen LogP contribution in [0.2, 0.25) is 0 Å². The lowest BCUT2D eigenvalue weighted by atomic mass is 10.2. The molecule has 12 heavy (non-hydrogen) atoms. The van der Waals surface area contributed by atoms with Crippen LogP contribution in [0, 0.1) is 6.92 Å². The summed E-state index contributed by atoms with van der Waals surface area (Å²) in [4.78, 5) is 36.8. The van der Waals surface area contributed by atoms with Gasteiger partial charge in [0.15, 0.2) is 5.78 Å². The van der Waals surface area contributed by atoms with Crippen molar-refractivity contribution in [3.05, 3.63) is 32.1 Å². The van der Waals surface area contributed by atoms with Gasteiger partial charge in [-0.2, -0.15) is 0 Å². The maximum atomic E-state index is 10.9. The van der Waals surface area contributed by atoms with E-state index in [0.717, 1.165) is 0 Å². The van der Waals surface area contributed by atoms with Gasteiger partial charge in [-0.3, -0.25) is 14.6 Å². The third kappa shape index (κ3) is 1.34. The summed E-state index contributed by atoms with van der Waals surface area (Å²) in [6.07, 6.45) is 0. The summed E-state index contributed by atoms with van der Waals surface area (Å²) in [6.45, 7) is 2.77. The first-order chi connectivity index (χ1) is 5.52. The average Bonchev–Trinajstić information content (AvgIpc) is 1.96. The molecule has 1 aromatic rings. The monoisotopic (exact) mass is 168 g/mol. The highest BCUT2D eigenvalue weighted by atomic mass is 16.2. The molecule has 0 saturated carbocycles. The number of carbonyl (C=O) groups excluding carboxylic acids is 1. The molecule has 0 radical (unpaired) electrons. The molecule has 0 atom stereocenters. The molecule has 0 amide bonds. The first kappa shape index (κ1) is 8.45. The molecule has 0 unspecified atom stereocenters. The highest BCUT2D eigenvalue weighted by Crippen LogP contribution is 1.94. The summed E-state index contributed by atoms with van der Waals surface area (Å²) in [5, 5.41) is 0. The van der Waals surface area contributed by atoms with Gasteiger partial charge in [-0.05, 0) is 6.92 Å². The fourth-order valence-corrected chi connectivity index (χ4v) is 0.901. The predicted octanol–water partition coefficient (Wildman–Crippen LogP) is -0.426. The van der Waals surface area contributed by atoms with E-state index in [1.54, 1.807) is 0 Å². The first-order valence-electron chi connectivity index (χ1n) is 3.36. The van der Waals surface area contributed by atoms with Crippen molar-refractivity contribution in [2.45, 2.75) is 13.8 Å². The molecule has 0 aliphatic carbocycles. The molecule has 5 nitrogen and oxygen atoms in total. The SMILES string of the molecule is CC(=O)c1[nH]c(=O)[nH]c(=O)c1C. The molecular weight excluding hydrogens is 160 g/mol. The largest absolute Gasteiger partial charge is 0.326 e. The molecule has 64 valence electrons. The molecule has 0 aliphatic rings. The van der Waals surface area contributed by atoms with Gasteiger partial charge in [0.1, 0.15) is 0 Å². The van der Waals surface area contributed by atoms with Gasteiger partial charge in [0.25, 0.3) is 5.56 Å². The molecule has 1 rings (SSSR count). The lowest BCUT2D eigenvalue weighted by Crippen LogP contribution is -2.27. The Hall–Kier alpha value is -1.65. The number of nitrogens with one attached hydrogen (secondary N) is 2. The molecular formula is C7H8N2O3. The number of hydrogen-bond donors (Lipinski definition) is 2. The smallest absolute Gasteiger partial charge is 0.304 e. The zero-order valence-electron chi connectivity index (χ0n) is 6.72. The summed E-state index contributed by atoms with van der Waals surface area (Å²) in [5.41, 5.74) is -0.870. The second-order valence-corrected chi connectivity index (χ2v) is 2.46. The van der Waals surface area contributed by atoms with Gasteiger partial charge in [-0.25, -0.2) is 4.79 Å². The topological polar surface area (TPSA) is 82.8 Å². The van der Waals surface area contributed by atoms with Crippen molar-refractivity contribution in [2.24, 2.45) is 0 Å². The van der Waals surface area contributed by atoms with Gasteiger partial charge in [0.2, 0.25) is 0 Å². The van der Waals surface area contributed by atoms with Crippen LogP contribution in [-0.4, -0.2) is 15.8 Å². The molecule has 1 heterocycles. The number of H-pyrrole nitrogens is 2. The Bertz CT molecular complexity index is 427. The maximum Gasteiger partial charge on any atom is 0.326 e. The van der Waals surface area contributed by atoms with Crippen molar-refractivity contribution in [3.63, 3.8) is 0 Å². The zero-order chi connectivity index (χ0) is 9.30. The van der Waals surface area contributed by atoms with Crippen LogP contribution in [0.1, 0.15) is 23.0 Å². The summed E-state index contributed by atoms with van der Waals surface area (Å²) >= 11 is 0. The summed E-state index contributed by atoms with van der Waals surface area (Å²) in [7, 11) is 0. The Morgan fingerprint density at radius 1 is 1.25 bits per heavy atom. The van der Waals surface area contributed by atoms with Crippen LogP contribution in [0.3, 0.4) is 0 Å². The Kier molecular flexibility index (Phi) is 1.95. The molecule has 2 N–H and O–H groups in total. The van der Waals surface area contributed by atoms with Crippen LogP contribution in [0.5, 0.6) is 0 Å². The summed E-state index contributed by atoms with van der Waals surface area (Å²) in [5.74, 6) is -0.323. The van der Waals surface area contributed by atoms with E-state index in [9.17, 15) is 14.4 Å². The van der Waals surface area contributed by atoms with Crippen molar-refractivity contribution >= 4 is 5.78 Å². The van der Waals surface area contributed by atoms with Crippen molar-refractivity contribution in [1.29, 1.82) is 0 Å². The number of ketones is 1. The maximum absolute atomic E-state index is 10.9. The van der Waals surface area contributed by atoms with Crippen molar-refractivity contribution in [1.82, 2.24) is 9.97 Å². The quantitative estimate of drug-likeness (QED) is 0.558. The van der Waals surface area contributed by atoms with Crippen molar-refractivity contribution in [2.75, 3.05) is 0 Å². The predicted molar refractivity (Wildman–Crippen MR) is 42.4 cm³/mol. The molecule has 5 heteroatoms. The minimum absolute atomic E-state index is 0.0729. The molecule has 0 aliphatic heterocycles. The third-order valence-electron chi connectivity index (χ3n) is 1.53. The molecule has 0 bridgehead atoms. The molecule has 0 aromatic carbocycles. The van der Waals surface area contributed by atoms with Gasteiger partial charge in [0, 0.05) is 12.5 Å². The van der Waals surface area contributed by atoms with E-state index in [1.807, 2.05) is 4.98 Å². The highest BCUT2D eigenvalue weighted by molar-refractivity contribution is 5.93. The molecule has 0 fully saturated rings. The van der Waals surface area contributed by atoms with Gasteiger partial charge in [-0.15, -0.1) is 0 Å². The lowest BCUT2D eigenvalue weighted by molar-refractivity contribution is 0.101. The Labute approximate surface area is 67.5 Å². The molecule has 0 saturated heterocycles. The number of carbonyl (C=O) groups is 1. The van der Waals surface area contributed by atoms with Gasteiger partial charge >= 0.3 is 5.69 Å². The van der Waals surface area contributed by atoms with Gasteiger partial charge < -0.3 is 4.98 Å². The fourth-order valence-electron chi connectivity index (χ4n) is 0.901. The minimum Gasteiger partial charge on any atom is -0.304 e. The fraction of sp³-hybridized carbons (Fsp3) is 0.286.